The Balaban J connectivity index is 2.59. The minimum atomic E-state index is -1.63. The molecule has 24 heavy (non-hydrogen) atoms. The van der Waals surface area contributed by atoms with Gasteiger partial charge in [0.2, 0.25) is 0 Å². The van der Waals surface area contributed by atoms with Crippen molar-refractivity contribution in [2.75, 3.05) is 26.4 Å². The zero-order valence-electron chi connectivity index (χ0n) is 17.2. The van der Waals surface area contributed by atoms with E-state index in [0.29, 0.717) is 13.2 Å². The molecule has 1 saturated heterocycles. The first-order chi connectivity index (χ1) is 11.3. The van der Waals surface area contributed by atoms with Crippen molar-refractivity contribution in [2.45, 2.75) is 96.6 Å². The Morgan fingerprint density at radius 2 is 1.33 bits per heavy atom. The first kappa shape index (κ1) is 22.4. The predicted molar refractivity (Wildman–Crippen MR) is 109 cm³/mol. The molecule has 0 aromatic rings. The molecule has 0 bridgehead atoms. The fourth-order valence-corrected chi connectivity index (χ4v) is 10.2. The van der Waals surface area contributed by atoms with Gasteiger partial charge in [-0.1, -0.05) is 58.7 Å². The highest BCUT2D eigenvalue weighted by Gasteiger charge is 2.53. The third-order valence-electron chi connectivity index (χ3n) is 5.82. The van der Waals surface area contributed by atoms with Crippen LogP contribution in [-0.4, -0.2) is 47.5 Å². The fourth-order valence-electron chi connectivity index (χ4n) is 3.24. The lowest BCUT2D eigenvalue weighted by Gasteiger charge is -2.51. The highest BCUT2D eigenvalue weighted by molar-refractivity contribution is 7.38. The second-order valence-electron chi connectivity index (χ2n) is 8.70. The van der Waals surface area contributed by atoms with Gasteiger partial charge in [-0.05, 0) is 32.4 Å². The van der Waals surface area contributed by atoms with Crippen molar-refractivity contribution in [3.05, 3.63) is 0 Å². The number of unbranched alkanes of at least 4 members (excludes halogenated alkanes) is 4. The molecule has 0 N–H and O–H groups in total. The molecule has 1 aliphatic heterocycles. The van der Waals surface area contributed by atoms with Gasteiger partial charge in [-0.25, -0.2) is 0 Å². The normalized spacial score (nSPS) is 21.8. The van der Waals surface area contributed by atoms with Gasteiger partial charge in [0.25, 0.3) is 0 Å². The van der Waals surface area contributed by atoms with Crippen molar-refractivity contribution >= 4 is 15.4 Å². The van der Waals surface area contributed by atoms with Crippen LogP contribution in [0.4, 0.5) is 0 Å². The summed E-state index contributed by atoms with van der Waals surface area (Å²) in [6.07, 6.45) is 8.42. The van der Waals surface area contributed by atoms with E-state index in [0.717, 1.165) is 32.5 Å². The van der Waals surface area contributed by atoms with Crippen molar-refractivity contribution < 1.29 is 13.9 Å². The van der Waals surface area contributed by atoms with E-state index in [1.807, 2.05) is 0 Å². The zero-order valence-corrected chi connectivity index (χ0v) is 19.2. The molecule has 0 aromatic heterocycles. The lowest BCUT2D eigenvalue weighted by molar-refractivity contribution is -0.0881. The molecule has 0 aliphatic carbocycles. The quantitative estimate of drug-likeness (QED) is 0.331. The summed E-state index contributed by atoms with van der Waals surface area (Å²) in [4.78, 5) is 0. The largest absolute Gasteiger partial charge is 0.410 e. The van der Waals surface area contributed by atoms with Crippen LogP contribution < -0.4 is 0 Å². The topological polar surface area (TPSA) is 27.7 Å². The van der Waals surface area contributed by atoms with E-state index in [1.165, 1.54) is 31.7 Å². The maximum atomic E-state index is 6.84. The van der Waals surface area contributed by atoms with Crippen molar-refractivity contribution in [1.29, 1.82) is 0 Å². The summed E-state index contributed by atoms with van der Waals surface area (Å²) in [6, 6.07) is 1.35. The average molecular weight is 375 g/mol. The third kappa shape index (κ3) is 6.91. The molecular formula is C19H42O3Si2. The van der Waals surface area contributed by atoms with Crippen LogP contribution in [0.3, 0.4) is 0 Å². The van der Waals surface area contributed by atoms with Gasteiger partial charge in [-0.15, -0.1) is 0 Å². The monoisotopic (exact) mass is 374 g/mol. The van der Waals surface area contributed by atoms with Gasteiger partial charge in [-0.2, -0.15) is 0 Å². The molecule has 1 fully saturated rings. The molecule has 1 heterocycles. The summed E-state index contributed by atoms with van der Waals surface area (Å²) in [7, 11) is -2.85. The molecule has 0 unspecified atom stereocenters. The van der Waals surface area contributed by atoms with E-state index >= 15 is 0 Å². The van der Waals surface area contributed by atoms with Gasteiger partial charge >= 0.3 is 0 Å². The number of hydrogen-bond acceptors (Lipinski definition) is 3. The summed E-state index contributed by atoms with van der Waals surface area (Å²) in [6.45, 7) is 17.5. The Morgan fingerprint density at radius 3 is 1.75 bits per heavy atom. The standard InChI is InChI=1S/C19H42O3Si2/c1-7-9-11-14-20-17-19(18-21-15-12-10-8-2)13-16-23(3,4)24(5,6)22-19/h7-18H2,1-6H3. The average Bonchev–Trinajstić information content (AvgIpc) is 2.51. The van der Waals surface area contributed by atoms with Gasteiger partial charge in [0, 0.05) is 13.2 Å². The van der Waals surface area contributed by atoms with Gasteiger partial charge < -0.3 is 13.9 Å². The van der Waals surface area contributed by atoms with E-state index in [1.54, 1.807) is 0 Å². The summed E-state index contributed by atoms with van der Waals surface area (Å²) in [5.41, 5.74) is -0.184. The SMILES string of the molecule is CCCCCOCC1(COCCCCC)CC[Si](C)(C)[Si](C)(C)O1. The van der Waals surface area contributed by atoms with E-state index < -0.39 is 15.4 Å². The van der Waals surface area contributed by atoms with Crippen molar-refractivity contribution in [1.82, 2.24) is 0 Å². The highest BCUT2D eigenvalue weighted by atomic mass is 29.3. The van der Waals surface area contributed by atoms with Gasteiger partial charge in [0.05, 0.1) is 20.8 Å². The van der Waals surface area contributed by atoms with Crippen LogP contribution >= 0.6 is 0 Å². The molecule has 0 radical (unpaired) electrons. The van der Waals surface area contributed by atoms with Crippen LogP contribution in [0.2, 0.25) is 32.2 Å². The Bertz CT molecular complexity index is 332. The Kier molecular flexibility index (Phi) is 9.74. The molecule has 0 aromatic carbocycles. The first-order valence-corrected chi connectivity index (χ1v) is 17.3. The Hall–Kier alpha value is 0.314. The molecule has 1 aliphatic rings. The van der Waals surface area contributed by atoms with Crippen LogP contribution in [0, 0.1) is 0 Å². The second-order valence-corrected chi connectivity index (χ2v) is 23.9. The molecular weight excluding hydrogens is 332 g/mol. The molecule has 5 heteroatoms. The molecule has 0 atom stereocenters. The van der Waals surface area contributed by atoms with E-state index in [2.05, 4.69) is 40.0 Å². The third-order valence-corrected chi connectivity index (χ3v) is 22.4. The van der Waals surface area contributed by atoms with E-state index in [-0.39, 0.29) is 5.60 Å². The minimum Gasteiger partial charge on any atom is -0.410 e. The maximum Gasteiger partial charge on any atom is 0.174 e. The fraction of sp³-hybridized carbons (Fsp3) is 1.00. The lowest BCUT2D eigenvalue weighted by atomic mass is 10.0. The van der Waals surface area contributed by atoms with Crippen LogP contribution in [-0.2, 0) is 13.9 Å². The number of rotatable bonds is 12. The Labute approximate surface area is 152 Å². The zero-order chi connectivity index (χ0) is 18.1. The first-order valence-electron chi connectivity index (χ1n) is 10.1. The highest BCUT2D eigenvalue weighted by Crippen LogP contribution is 2.39. The van der Waals surface area contributed by atoms with Crippen molar-refractivity contribution in [3.63, 3.8) is 0 Å². The predicted octanol–water partition coefficient (Wildman–Crippen LogP) is 5.55. The molecule has 144 valence electrons. The van der Waals surface area contributed by atoms with Crippen LogP contribution in [0.1, 0.15) is 58.8 Å². The Morgan fingerprint density at radius 1 is 0.833 bits per heavy atom. The van der Waals surface area contributed by atoms with Crippen molar-refractivity contribution in [3.8, 4) is 0 Å². The summed E-state index contributed by atoms with van der Waals surface area (Å²) in [5, 5.41) is 0. The summed E-state index contributed by atoms with van der Waals surface area (Å²) < 4.78 is 18.9. The molecule has 1 rings (SSSR count). The second kappa shape index (κ2) is 10.5. The van der Waals surface area contributed by atoms with Crippen LogP contribution in [0.25, 0.3) is 0 Å². The van der Waals surface area contributed by atoms with Crippen molar-refractivity contribution in [2.24, 2.45) is 0 Å². The van der Waals surface area contributed by atoms with Gasteiger partial charge in [0.15, 0.2) is 7.83 Å². The molecule has 3 nitrogen and oxygen atoms in total. The van der Waals surface area contributed by atoms with Crippen LogP contribution in [0.5, 0.6) is 0 Å². The van der Waals surface area contributed by atoms with E-state index in [9.17, 15) is 0 Å². The smallest absolute Gasteiger partial charge is 0.174 e. The van der Waals surface area contributed by atoms with Crippen LogP contribution in [0.15, 0.2) is 0 Å². The lowest BCUT2D eigenvalue weighted by Crippen LogP contribution is -2.67. The number of ether oxygens (including phenoxy) is 2. The minimum absolute atomic E-state index is 0.184. The molecule has 0 spiro atoms. The number of hydrogen-bond donors (Lipinski definition) is 0. The van der Waals surface area contributed by atoms with Gasteiger partial charge in [-0.3, -0.25) is 0 Å². The summed E-state index contributed by atoms with van der Waals surface area (Å²) >= 11 is 0. The molecule has 0 amide bonds. The van der Waals surface area contributed by atoms with Gasteiger partial charge in [0.1, 0.15) is 5.60 Å². The summed E-state index contributed by atoms with van der Waals surface area (Å²) in [5.74, 6) is 0. The molecule has 0 saturated carbocycles. The maximum absolute atomic E-state index is 6.84. The van der Waals surface area contributed by atoms with E-state index in [4.69, 9.17) is 13.9 Å².